The van der Waals surface area contributed by atoms with Gasteiger partial charge in [-0.05, 0) is 37.0 Å². The summed E-state index contributed by atoms with van der Waals surface area (Å²) in [5.74, 6) is -0.0892. The molecule has 1 aliphatic rings. The van der Waals surface area contributed by atoms with Crippen LogP contribution in [-0.4, -0.2) is 11.4 Å². The fourth-order valence-corrected chi connectivity index (χ4v) is 2.29. The third kappa shape index (κ3) is 2.23. The third-order valence-corrected chi connectivity index (χ3v) is 3.37. The Morgan fingerprint density at radius 2 is 2.06 bits per heavy atom. The first-order valence-corrected chi connectivity index (χ1v) is 5.69. The zero-order chi connectivity index (χ0) is 11.6. The number of halogens is 1. The Labute approximate surface area is 94.9 Å². The van der Waals surface area contributed by atoms with Gasteiger partial charge in [0.1, 0.15) is 5.82 Å². The highest BCUT2D eigenvalue weighted by molar-refractivity contribution is 5.79. The summed E-state index contributed by atoms with van der Waals surface area (Å²) >= 11 is 0. The van der Waals surface area contributed by atoms with Gasteiger partial charge in [0.05, 0.1) is 0 Å². The second kappa shape index (κ2) is 4.24. The summed E-state index contributed by atoms with van der Waals surface area (Å²) in [5.41, 5.74) is 0.958. The summed E-state index contributed by atoms with van der Waals surface area (Å²) in [6, 6.07) is 6.51. The van der Waals surface area contributed by atoms with Gasteiger partial charge in [-0.1, -0.05) is 19.1 Å². The highest BCUT2D eigenvalue weighted by Gasteiger charge is 2.35. The number of hydrogen-bond acceptors (Lipinski definition) is 1. The molecule has 1 atom stereocenters. The summed E-state index contributed by atoms with van der Waals surface area (Å²) < 4.78 is 12.8. The molecule has 1 unspecified atom stereocenters. The van der Waals surface area contributed by atoms with Gasteiger partial charge < -0.3 is 5.32 Å². The van der Waals surface area contributed by atoms with Crippen molar-refractivity contribution in [1.29, 1.82) is 0 Å². The molecule has 0 aromatic heterocycles. The maximum atomic E-state index is 12.8. The fourth-order valence-electron chi connectivity index (χ4n) is 2.29. The average Bonchev–Trinajstić information content (AvgIpc) is 2.64. The quantitative estimate of drug-likeness (QED) is 0.834. The molecule has 2 nitrogen and oxygen atoms in total. The van der Waals surface area contributed by atoms with Crippen LogP contribution < -0.4 is 5.32 Å². The van der Waals surface area contributed by atoms with Crippen LogP contribution in [0, 0.1) is 5.82 Å². The second-order valence-corrected chi connectivity index (χ2v) is 4.49. The zero-order valence-corrected chi connectivity index (χ0v) is 9.42. The van der Waals surface area contributed by atoms with Crippen LogP contribution in [0.25, 0.3) is 0 Å². The number of rotatable bonds is 3. The van der Waals surface area contributed by atoms with Gasteiger partial charge in [-0.2, -0.15) is 0 Å². The van der Waals surface area contributed by atoms with E-state index in [4.69, 9.17) is 0 Å². The lowest BCUT2D eigenvalue weighted by atomic mass is 9.87. The summed E-state index contributed by atoms with van der Waals surface area (Å²) in [7, 11) is 0. The summed E-state index contributed by atoms with van der Waals surface area (Å²) in [5, 5.41) is 3.05. The van der Waals surface area contributed by atoms with Gasteiger partial charge in [0.2, 0.25) is 5.91 Å². The van der Waals surface area contributed by atoms with Crippen LogP contribution in [0.3, 0.4) is 0 Å². The lowest BCUT2D eigenvalue weighted by Crippen LogP contribution is -2.42. The molecule has 0 aliphatic carbocycles. The highest BCUT2D eigenvalue weighted by atomic mass is 19.1. The van der Waals surface area contributed by atoms with E-state index in [1.165, 1.54) is 12.1 Å². The molecule has 2 rings (SSSR count). The van der Waals surface area contributed by atoms with Crippen molar-refractivity contribution in [2.75, 3.05) is 0 Å². The van der Waals surface area contributed by atoms with Crippen LogP contribution in [0.15, 0.2) is 24.3 Å². The predicted molar refractivity (Wildman–Crippen MR) is 60.5 cm³/mol. The van der Waals surface area contributed by atoms with E-state index in [1.54, 1.807) is 12.1 Å². The molecular formula is C13H16FNO. The summed E-state index contributed by atoms with van der Waals surface area (Å²) in [6.07, 6.45) is 3.18. The standard InChI is InChI=1S/C13H16FNO/c1-2-13(8-7-12(16)15-13)9-10-3-5-11(14)6-4-10/h3-6H,2,7-9H2,1H3,(H,15,16). The number of nitrogens with one attached hydrogen (secondary N) is 1. The van der Waals surface area contributed by atoms with Gasteiger partial charge >= 0.3 is 0 Å². The molecule has 86 valence electrons. The Hall–Kier alpha value is -1.38. The van der Waals surface area contributed by atoms with Gasteiger partial charge in [0.25, 0.3) is 0 Å². The van der Waals surface area contributed by atoms with Crippen molar-refractivity contribution in [2.24, 2.45) is 0 Å². The predicted octanol–water partition coefficient (Wildman–Crippen LogP) is 2.43. The van der Waals surface area contributed by atoms with E-state index < -0.39 is 0 Å². The van der Waals surface area contributed by atoms with Crippen molar-refractivity contribution < 1.29 is 9.18 Å². The van der Waals surface area contributed by atoms with Crippen molar-refractivity contribution in [1.82, 2.24) is 5.32 Å². The number of benzene rings is 1. The maximum absolute atomic E-state index is 12.8. The third-order valence-electron chi connectivity index (χ3n) is 3.37. The average molecular weight is 221 g/mol. The molecule has 0 spiro atoms. The molecule has 0 saturated carbocycles. The number of carbonyl (C=O) groups excluding carboxylic acids is 1. The molecule has 1 heterocycles. The van der Waals surface area contributed by atoms with Crippen molar-refractivity contribution in [3.63, 3.8) is 0 Å². The molecular weight excluding hydrogens is 205 g/mol. The van der Waals surface area contributed by atoms with Gasteiger partial charge in [-0.25, -0.2) is 4.39 Å². The molecule has 1 saturated heterocycles. The Bertz CT molecular complexity index is 387. The SMILES string of the molecule is CCC1(Cc2ccc(F)cc2)CCC(=O)N1. The van der Waals surface area contributed by atoms with E-state index in [0.29, 0.717) is 6.42 Å². The van der Waals surface area contributed by atoms with Crippen LogP contribution in [0.5, 0.6) is 0 Å². The van der Waals surface area contributed by atoms with Crippen molar-refractivity contribution in [3.05, 3.63) is 35.6 Å². The molecule has 1 fully saturated rings. The van der Waals surface area contributed by atoms with Crippen molar-refractivity contribution in [3.8, 4) is 0 Å². The minimum atomic E-state index is -0.218. The smallest absolute Gasteiger partial charge is 0.220 e. The number of carbonyl (C=O) groups is 1. The first kappa shape index (κ1) is 11.1. The Morgan fingerprint density at radius 3 is 2.56 bits per heavy atom. The number of amides is 1. The largest absolute Gasteiger partial charge is 0.350 e. The minimum absolute atomic E-state index is 0.116. The van der Waals surface area contributed by atoms with E-state index in [-0.39, 0.29) is 17.3 Å². The zero-order valence-electron chi connectivity index (χ0n) is 9.42. The van der Waals surface area contributed by atoms with E-state index in [9.17, 15) is 9.18 Å². The van der Waals surface area contributed by atoms with Crippen molar-refractivity contribution in [2.45, 2.75) is 38.1 Å². The van der Waals surface area contributed by atoms with E-state index in [1.807, 2.05) is 0 Å². The summed E-state index contributed by atoms with van der Waals surface area (Å²) in [4.78, 5) is 11.3. The normalized spacial score (nSPS) is 24.5. The van der Waals surface area contributed by atoms with E-state index >= 15 is 0 Å². The van der Waals surface area contributed by atoms with Crippen LogP contribution in [0.4, 0.5) is 4.39 Å². The summed E-state index contributed by atoms with van der Waals surface area (Å²) in [6.45, 7) is 2.08. The van der Waals surface area contributed by atoms with Crippen LogP contribution in [-0.2, 0) is 11.2 Å². The van der Waals surface area contributed by atoms with Gasteiger partial charge in [-0.3, -0.25) is 4.79 Å². The Balaban J connectivity index is 2.13. The van der Waals surface area contributed by atoms with Crippen LogP contribution >= 0.6 is 0 Å². The monoisotopic (exact) mass is 221 g/mol. The first-order valence-electron chi connectivity index (χ1n) is 5.69. The molecule has 1 aromatic carbocycles. The molecule has 1 aromatic rings. The maximum Gasteiger partial charge on any atom is 0.220 e. The minimum Gasteiger partial charge on any atom is -0.350 e. The fraction of sp³-hybridized carbons (Fsp3) is 0.462. The lowest BCUT2D eigenvalue weighted by molar-refractivity contribution is -0.119. The van der Waals surface area contributed by atoms with Crippen molar-refractivity contribution >= 4 is 5.91 Å². The molecule has 1 N–H and O–H groups in total. The molecule has 0 radical (unpaired) electrons. The van der Waals surface area contributed by atoms with Crippen LogP contribution in [0.2, 0.25) is 0 Å². The molecule has 1 aliphatic heterocycles. The molecule has 1 amide bonds. The van der Waals surface area contributed by atoms with Gasteiger partial charge in [0.15, 0.2) is 0 Å². The van der Waals surface area contributed by atoms with E-state index in [0.717, 1.165) is 24.8 Å². The highest BCUT2D eigenvalue weighted by Crippen LogP contribution is 2.27. The Kier molecular flexibility index (Phi) is 2.95. The van der Waals surface area contributed by atoms with Crippen LogP contribution in [0.1, 0.15) is 31.7 Å². The lowest BCUT2D eigenvalue weighted by Gasteiger charge is -2.27. The van der Waals surface area contributed by atoms with Gasteiger partial charge in [-0.15, -0.1) is 0 Å². The van der Waals surface area contributed by atoms with E-state index in [2.05, 4.69) is 12.2 Å². The molecule has 3 heteroatoms. The van der Waals surface area contributed by atoms with Gasteiger partial charge in [0, 0.05) is 12.0 Å². The second-order valence-electron chi connectivity index (χ2n) is 4.49. The Morgan fingerprint density at radius 1 is 1.38 bits per heavy atom. The molecule has 16 heavy (non-hydrogen) atoms. The number of hydrogen-bond donors (Lipinski definition) is 1. The topological polar surface area (TPSA) is 29.1 Å². The first-order chi connectivity index (χ1) is 7.63. The molecule has 0 bridgehead atoms.